The third-order valence-electron chi connectivity index (χ3n) is 5.66. The Morgan fingerprint density at radius 3 is 2.57 bits per heavy atom. The topological polar surface area (TPSA) is 73.0 Å². The van der Waals surface area contributed by atoms with Gasteiger partial charge in [-0.25, -0.2) is 0 Å². The molecule has 6 nitrogen and oxygen atoms in total. The van der Waals surface area contributed by atoms with Crippen molar-refractivity contribution >= 4 is 17.7 Å². The van der Waals surface area contributed by atoms with Crippen LogP contribution in [0.25, 0.3) is 11.6 Å². The lowest BCUT2D eigenvalue weighted by atomic mass is 9.95. The van der Waals surface area contributed by atoms with Crippen LogP contribution < -0.4 is 5.32 Å². The molecule has 1 aliphatic rings. The molecule has 0 saturated heterocycles. The number of amides is 1. The Morgan fingerprint density at radius 2 is 1.87 bits per heavy atom. The van der Waals surface area contributed by atoms with Crippen LogP contribution >= 0.6 is 11.8 Å². The monoisotopic (exact) mass is 424 g/mol. The Kier molecular flexibility index (Phi) is 6.57. The van der Waals surface area contributed by atoms with Gasteiger partial charge in [-0.05, 0) is 44.4 Å². The molecule has 2 aromatic heterocycles. The van der Waals surface area contributed by atoms with Crippen LogP contribution in [0.5, 0.6) is 0 Å². The van der Waals surface area contributed by atoms with E-state index < -0.39 is 0 Å². The zero-order chi connectivity index (χ0) is 20.9. The van der Waals surface area contributed by atoms with Crippen molar-refractivity contribution in [3.63, 3.8) is 0 Å². The molecule has 0 aliphatic heterocycles. The van der Waals surface area contributed by atoms with Crippen LogP contribution in [0.4, 0.5) is 0 Å². The highest BCUT2D eigenvalue weighted by Gasteiger charge is 2.27. The number of carbonyl (C=O) groups is 1. The van der Waals surface area contributed by atoms with Gasteiger partial charge in [0, 0.05) is 6.04 Å². The number of hydrogen-bond donors (Lipinski definition) is 1. The number of thioether (sulfide) groups is 1. The molecule has 1 aliphatic carbocycles. The second kappa shape index (κ2) is 9.51. The summed E-state index contributed by atoms with van der Waals surface area (Å²) in [5, 5.41) is 12.5. The fourth-order valence-electron chi connectivity index (χ4n) is 3.97. The second-order valence-electron chi connectivity index (χ2n) is 7.85. The quantitative estimate of drug-likeness (QED) is 0.514. The van der Waals surface area contributed by atoms with E-state index in [0.29, 0.717) is 6.04 Å². The van der Waals surface area contributed by atoms with Gasteiger partial charge in [0.25, 0.3) is 0 Å². The van der Waals surface area contributed by atoms with Gasteiger partial charge >= 0.3 is 0 Å². The Morgan fingerprint density at radius 1 is 1.10 bits per heavy atom. The molecule has 30 heavy (non-hydrogen) atoms. The Balaban J connectivity index is 1.51. The molecule has 1 aromatic carbocycles. The van der Waals surface area contributed by atoms with Crippen LogP contribution in [0.2, 0.25) is 0 Å². The average molecular weight is 425 g/mol. The summed E-state index contributed by atoms with van der Waals surface area (Å²) >= 11 is 1.46. The average Bonchev–Trinajstić information content (AvgIpc) is 3.44. The maximum absolute atomic E-state index is 12.8. The van der Waals surface area contributed by atoms with Gasteiger partial charge in [-0.1, -0.05) is 61.4 Å². The van der Waals surface area contributed by atoms with Gasteiger partial charge in [-0.2, -0.15) is 0 Å². The number of benzene rings is 1. The molecular weight excluding hydrogens is 396 g/mol. The van der Waals surface area contributed by atoms with Crippen LogP contribution in [-0.2, 0) is 4.79 Å². The lowest BCUT2D eigenvalue weighted by Crippen LogP contribution is -2.33. The minimum Gasteiger partial charge on any atom is -0.461 e. The van der Waals surface area contributed by atoms with Crippen molar-refractivity contribution in [1.29, 1.82) is 0 Å². The molecule has 1 fully saturated rings. The maximum Gasteiger partial charge on any atom is 0.233 e. The molecule has 2 atom stereocenters. The van der Waals surface area contributed by atoms with Crippen LogP contribution in [0, 0.1) is 0 Å². The minimum absolute atomic E-state index is 0.00547. The fraction of sp³-hybridized carbons (Fsp3) is 0.435. The van der Waals surface area contributed by atoms with E-state index in [9.17, 15) is 4.79 Å². The van der Waals surface area contributed by atoms with Crippen molar-refractivity contribution in [2.45, 2.75) is 68.4 Å². The van der Waals surface area contributed by atoms with Crippen LogP contribution in [-0.4, -0.2) is 25.9 Å². The van der Waals surface area contributed by atoms with Crippen molar-refractivity contribution in [2.75, 3.05) is 0 Å². The van der Waals surface area contributed by atoms with Crippen molar-refractivity contribution in [2.24, 2.45) is 0 Å². The molecule has 7 heteroatoms. The summed E-state index contributed by atoms with van der Waals surface area (Å²) in [6, 6.07) is 14.1. The largest absolute Gasteiger partial charge is 0.461 e. The van der Waals surface area contributed by atoms with Gasteiger partial charge in [-0.15, -0.1) is 10.2 Å². The van der Waals surface area contributed by atoms with E-state index in [1.807, 2.05) is 56.3 Å². The van der Waals surface area contributed by atoms with E-state index in [4.69, 9.17) is 4.42 Å². The Bertz CT molecular complexity index is 949. The highest BCUT2D eigenvalue weighted by Crippen LogP contribution is 2.36. The van der Waals surface area contributed by atoms with Crippen LogP contribution in [0.15, 0.2) is 58.3 Å². The molecule has 158 valence electrons. The van der Waals surface area contributed by atoms with Gasteiger partial charge < -0.3 is 9.73 Å². The molecule has 4 rings (SSSR count). The maximum atomic E-state index is 12.8. The normalized spacial score (nSPS) is 16.9. The summed E-state index contributed by atoms with van der Waals surface area (Å²) in [5.74, 6) is 1.46. The predicted octanol–water partition coefficient (Wildman–Crippen LogP) is 5.40. The molecular formula is C23H28N4O2S. The van der Waals surface area contributed by atoms with Gasteiger partial charge in [0.15, 0.2) is 10.9 Å². The first kappa shape index (κ1) is 20.7. The molecule has 3 aromatic rings. The van der Waals surface area contributed by atoms with E-state index in [0.717, 1.165) is 35.1 Å². The van der Waals surface area contributed by atoms with E-state index in [1.54, 1.807) is 6.26 Å². The van der Waals surface area contributed by atoms with Crippen molar-refractivity contribution in [3.8, 4) is 11.6 Å². The molecule has 2 heterocycles. The number of hydrogen-bond acceptors (Lipinski definition) is 5. The van der Waals surface area contributed by atoms with E-state index in [2.05, 4.69) is 20.1 Å². The predicted molar refractivity (Wildman–Crippen MR) is 118 cm³/mol. The number of aromatic nitrogens is 3. The number of rotatable bonds is 7. The van der Waals surface area contributed by atoms with E-state index in [-0.39, 0.29) is 17.2 Å². The Hall–Kier alpha value is -2.54. The molecule has 1 N–H and O–H groups in total. The third-order valence-corrected chi connectivity index (χ3v) is 6.71. The number of nitrogens with one attached hydrogen (secondary N) is 1. The molecule has 0 bridgehead atoms. The summed E-state index contributed by atoms with van der Waals surface area (Å²) in [7, 11) is 0. The first-order valence-electron chi connectivity index (χ1n) is 10.6. The van der Waals surface area contributed by atoms with Crippen molar-refractivity contribution in [1.82, 2.24) is 20.1 Å². The standard InChI is InChI=1S/C23H28N4O2S/c1-16(18-10-5-3-6-11-18)24-22(28)17(2)30-23-26-25-21(20-14-9-15-29-20)27(23)19-12-7-4-8-13-19/h3,5-6,9-11,14-17,19H,4,7-8,12-13H2,1-2H3,(H,24,28). The molecule has 0 spiro atoms. The summed E-state index contributed by atoms with van der Waals surface area (Å²) in [4.78, 5) is 12.8. The summed E-state index contributed by atoms with van der Waals surface area (Å²) in [6.45, 7) is 3.92. The number of nitrogens with zero attached hydrogens (tertiary/aromatic N) is 3. The van der Waals surface area contributed by atoms with Crippen LogP contribution in [0.3, 0.4) is 0 Å². The smallest absolute Gasteiger partial charge is 0.233 e. The minimum atomic E-state index is -0.285. The number of carbonyl (C=O) groups excluding carboxylic acids is 1. The second-order valence-corrected chi connectivity index (χ2v) is 9.15. The molecule has 0 radical (unpaired) electrons. The fourth-order valence-corrected chi connectivity index (χ4v) is 4.90. The van der Waals surface area contributed by atoms with E-state index in [1.165, 1.54) is 31.0 Å². The lowest BCUT2D eigenvalue weighted by molar-refractivity contribution is -0.120. The summed E-state index contributed by atoms with van der Waals surface area (Å²) < 4.78 is 7.79. The van der Waals surface area contributed by atoms with Gasteiger partial charge in [0.05, 0.1) is 17.6 Å². The summed E-state index contributed by atoms with van der Waals surface area (Å²) in [5.41, 5.74) is 1.09. The first-order chi connectivity index (χ1) is 14.6. The van der Waals surface area contributed by atoms with Crippen LogP contribution in [0.1, 0.15) is 63.6 Å². The van der Waals surface area contributed by atoms with Gasteiger partial charge in [0.1, 0.15) is 0 Å². The first-order valence-corrected chi connectivity index (χ1v) is 11.5. The highest BCUT2D eigenvalue weighted by molar-refractivity contribution is 8.00. The molecule has 2 unspecified atom stereocenters. The molecule has 1 amide bonds. The summed E-state index contributed by atoms with van der Waals surface area (Å²) in [6.07, 6.45) is 7.54. The molecule has 1 saturated carbocycles. The van der Waals surface area contributed by atoms with Gasteiger partial charge in [-0.3, -0.25) is 9.36 Å². The van der Waals surface area contributed by atoms with Crippen molar-refractivity contribution in [3.05, 3.63) is 54.3 Å². The highest BCUT2D eigenvalue weighted by atomic mass is 32.2. The number of furan rings is 1. The zero-order valence-corrected chi connectivity index (χ0v) is 18.3. The Labute approximate surface area is 181 Å². The third kappa shape index (κ3) is 4.61. The van der Waals surface area contributed by atoms with Gasteiger partial charge in [0.2, 0.25) is 11.7 Å². The zero-order valence-electron chi connectivity index (χ0n) is 17.5. The lowest BCUT2D eigenvalue weighted by Gasteiger charge is -2.25. The van der Waals surface area contributed by atoms with Crippen molar-refractivity contribution < 1.29 is 9.21 Å². The van der Waals surface area contributed by atoms with E-state index >= 15 is 0 Å². The SMILES string of the molecule is CC(Sc1nnc(-c2ccco2)n1C1CCCCC1)C(=O)NC(C)c1ccccc1.